The predicted octanol–water partition coefficient (Wildman–Crippen LogP) is 4.04. The fourth-order valence-corrected chi connectivity index (χ4v) is 3.26. The quantitative estimate of drug-likeness (QED) is 0.554. The van der Waals surface area contributed by atoms with Gasteiger partial charge in [0.15, 0.2) is 5.43 Å². The molecule has 4 nitrogen and oxygen atoms in total. The van der Waals surface area contributed by atoms with Gasteiger partial charge in [0, 0.05) is 49.8 Å². The zero-order chi connectivity index (χ0) is 18.8. The van der Waals surface area contributed by atoms with Crippen LogP contribution in [0.15, 0.2) is 83.9 Å². The van der Waals surface area contributed by atoms with Crippen LogP contribution in [0.5, 0.6) is 0 Å². The van der Waals surface area contributed by atoms with Crippen LogP contribution in [0.1, 0.15) is 11.1 Å². The standard InChI is InChI=1S/C23H21N3O/c1-25(2)19-10-12-20(13-11-19)26-16-18(15-17-7-4-3-5-8-17)22(27)21-9-6-14-24-23(21)26/h3-14,16H,15H2,1-2H3. The lowest BCUT2D eigenvalue weighted by atomic mass is 10.0. The van der Waals surface area contributed by atoms with Gasteiger partial charge in [0.25, 0.3) is 0 Å². The summed E-state index contributed by atoms with van der Waals surface area (Å²) in [6, 6.07) is 22.0. The fourth-order valence-electron chi connectivity index (χ4n) is 3.26. The summed E-state index contributed by atoms with van der Waals surface area (Å²) < 4.78 is 2.01. The molecular weight excluding hydrogens is 334 g/mol. The third kappa shape index (κ3) is 3.34. The third-order valence-corrected chi connectivity index (χ3v) is 4.72. The van der Waals surface area contributed by atoms with Crippen molar-refractivity contribution in [3.05, 3.63) is 100 Å². The minimum atomic E-state index is 0.0446. The van der Waals surface area contributed by atoms with Crippen molar-refractivity contribution >= 4 is 16.7 Å². The molecule has 0 fully saturated rings. The number of nitrogens with zero attached hydrogens (tertiary/aromatic N) is 3. The lowest BCUT2D eigenvalue weighted by Gasteiger charge is -2.16. The number of fused-ring (bicyclic) bond motifs is 1. The Labute approximate surface area is 158 Å². The van der Waals surface area contributed by atoms with Gasteiger partial charge >= 0.3 is 0 Å². The number of rotatable bonds is 4. The number of hydrogen-bond donors (Lipinski definition) is 0. The van der Waals surface area contributed by atoms with Crippen LogP contribution < -0.4 is 10.3 Å². The molecule has 134 valence electrons. The molecule has 0 unspecified atom stereocenters. The van der Waals surface area contributed by atoms with Crippen molar-refractivity contribution in [2.75, 3.05) is 19.0 Å². The summed E-state index contributed by atoms with van der Waals surface area (Å²) in [5.74, 6) is 0. The van der Waals surface area contributed by atoms with Crippen LogP contribution in [-0.2, 0) is 6.42 Å². The van der Waals surface area contributed by atoms with Crippen molar-refractivity contribution in [1.29, 1.82) is 0 Å². The molecule has 0 bridgehead atoms. The first-order valence-corrected chi connectivity index (χ1v) is 8.94. The summed E-state index contributed by atoms with van der Waals surface area (Å²) in [5, 5.41) is 0.641. The van der Waals surface area contributed by atoms with Gasteiger partial charge in [-0.25, -0.2) is 4.98 Å². The van der Waals surface area contributed by atoms with E-state index in [-0.39, 0.29) is 5.43 Å². The summed E-state index contributed by atoms with van der Waals surface area (Å²) in [6.07, 6.45) is 4.25. The number of aromatic nitrogens is 2. The van der Waals surface area contributed by atoms with E-state index in [9.17, 15) is 4.79 Å². The second kappa shape index (κ2) is 7.08. The molecular formula is C23H21N3O. The first kappa shape index (κ1) is 17.0. The Morgan fingerprint density at radius 2 is 1.67 bits per heavy atom. The van der Waals surface area contributed by atoms with Crippen LogP contribution in [-0.4, -0.2) is 23.6 Å². The molecule has 4 rings (SSSR count). The molecule has 4 heteroatoms. The van der Waals surface area contributed by atoms with Gasteiger partial charge in [0.05, 0.1) is 5.39 Å². The molecule has 4 aromatic rings. The van der Waals surface area contributed by atoms with Crippen molar-refractivity contribution in [2.45, 2.75) is 6.42 Å². The third-order valence-electron chi connectivity index (χ3n) is 4.72. The molecule has 0 aliphatic heterocycles. The summed E-state index contributed by atoms with van der Waals surface area (Å²) in [5.41, 5.74) is 4.71. The van der Waals surface area contributed by atoms with Gasteiger partial charge in [0.1, 0.15) is 5.65 Å². The highest BCUT2D eigenvalue weighted by atomic mass is 16.1. The fraction of sp³-hybridized carbons (Fsp3) is 0.130. The van der Waals surface area contributed by atoms with Crippen molar-refractivity contribution in [3.8, 4) is 5.69 Å². The molecule has 2 heterocycles. The molecule has 2 aromatic heterocycles. The molecule has 0 radical (unpaired) electrons. The van der Waals surface area contributed by atoms with Crippen LogP contribution in [0.25, 0.3) is 16.7 Å². The molecule has 2 aromatic carbocycles. The molecule has 0 aliphatic carbocycles. The number of benzene rings is 2. The van der Waals surface area contributed by atoms with E-state index in [1.54, 1.807) is 6.20 Å². The molecule has 0 spiro atoms. The van der Waals surface area contributed by atoms with E-state index in [1.807, 2.05) is 67.3 Å². The van der Waals surface area contributed by atoms with E-state index in [4.69, 9.17) is 0 Å². The smallest absolute Gasteiger partial charge is 0.194 e. The molecule has 0 saturated heterocycles. The summed E-state index contributed by atoms with van der Waals surface area (Å²) in [7, 11) is 4.03. The maximum atomic E-state index is 13.0. The SMILES string of the molecule is CN(C)c1ccc(-n2cc(Cc3ccccc3)c(=O)c3cccnc32)cc1. The minimum absolute atomic E-state index is 0.0446. The van der Waals surface area contributed by atoms with Gasteiger partial charge < -0.3 is 9.47 Å². The van der Waals surface area contributed by atoms with Gasteiger partial charge in [0.2, 0.25) is 0 Å². The van der Waals surface area contributed by atoms with Crippen molar-refractivity contribution in [3.63, 3.8) is 0 Å². The Morgan fingerprint density at radius 1 is 0.926 bits per heavy atom. The second-order valence-electron chi connectivity index (χ2n) is 6.80. The number of hydrogen-bond acceptors (Lipinski definition) is 3. The van der Waals surface area contributed by atoms with Crippen LogP contribution in [0.3, 0.4) is 0 Å². The predicted molar refractivity (Wildman–Crippen MR) is 111 cm³/mol. The maximum Gasteiger partial charge on any atom is 0.194 e. The van der Waals surface area contributed by atoms with Crippen LogP contribution in [0, 0.1) is 0 Å². The van der Waals surface area contributed by atoms with E-state index in [1.165, 1.54) is 0 Å². The van der Waals surface area contributed by atoms with E-state index >= 15 is 0 Å². The van der Waals surface area contributed by atoms with Crippen molar-refractivity contribution in [1.82, 2.24) is 9.55 Å². The van der Waals surface area contributed by atoms with Crippen molar-refractivity contribution in [2.24, 2.45) is 0 Å². The van der Waals surface area contributed by atoms with E-state index in [0.717, 1.165) is 22.5 Å². The van der Waals surface area contributed by atoms with Gasteiger partial charge in [-0.05, 0) is 42.0 Å². The molecule has 0 atom stereocenters. The maximum absolute atomic E-state index is 13.0. The molecule has 0 amide bonds. The van der Waals surface area contributed by atoms with Gasteiger partial charge in [-0.15, -0.1) is 0 Å². The largest absolute Gasteiger partial charge is 0.378 e. The minimum Gasteiger partial charge on any atom is -0.378 e. The molecule has 0 aliphatic rings. The zero-order valence-electron chi connectivity index (χ0n) is 15.5. The van der Waals surface area contributed by atoms with E-state index in [2.05, 4.69) is 34.1 Å². The normalized spacial score (nSPS) is 10.9. The zero-order valence-corrected chi connectivity index (χ0v) is 15.5. The second-order valence-corrected chi connectivity index (χ2v) is 6.80. The monoisotopic (exact) mass is 355 g/mol. The highest BCUT2D eigenvalue weighted by Crippen LogP contribution is 2.20. The molecule has 0 saturated carbocycles. The average Bonchev–Trinajstić information content (AvgIpc) is 2.71. The summed E-state index contributed by atoms with van der Waals surface area (Å²) in [6.45, 7) is 0. The van der Waals surface area contributed by atoms with Gasteiger partial charge in [-0.3, -0.25) is 4.79 Å². The Hall–Kier alpha value is -3.40. The number of anilines is 1. The molecule has 27 heavy (non-hydrogen) atoms. The average molecular weight is 355 g/mol. The first-order chi connectivity index (χ1) is 13.1. The highest BCUT2D eigenvalue weighted by molar-refractivity contribution is 5.77. The Kier molecular flexibility index (Phi) is 4.47. The summed E-state index contributed by atoms with van der Waals surface area (Å²) >= 11 is 0. The van der Waals surface area contributed by atoms with Crippen LogP contribution in [0.4, 0.5) is 5.69 Å². The van der Waals surface area contributed by atoms with Crippen LogP contribution >= 0.6 is 0 Å². The molecule has 0 N–H and O–H groups in total. The van der Waals surface area contributed by atoms with Crippen molar-refractivity contribution < 1.29 is 0 Å². The van der Waals surface area contributed by atoms with E-state index in [0.29, 0.717) is 17.5 Å². The van der Waals surface area contributed by atoms with Crippen LogP contribution in [0.2, 0.25) is 0 Å². The summed E-state index contributed by atoms with van der Waals surface area (Å²) in [4.78, 5) is 19.5. The lowest BCUT2D eigenvalue weighted by molar-refractivity contribution is 1.02. The van der Waals surface area contributed by atoms with E-state index < -0.39 is 0 Å². The lowest BCUT2D eigenvalue weighted by Crippen LogP contribution is -2.15. The first-order valence-electron chi connectivity index (χ1n) is 8.94. The highest BCUT2D eigenvalue weighted by Gasteiger charge is 2.12. The Morgan fingerprint density at radius 3 is 2.37 bits per heavy atom. The van der Waals surface area contributed by atoms with Gasteiger partial charge in [-0.1, -0.05) is 30.3 Å². The number of pyridine rings is 2. The Bertz CT molecular complexity index is 1130. The van der Waals surface area contributed by atoms with Gasteiger partial charge in [-0.2, -0.15) is 0 Å². The Balaban J connectivity index is 1.89. The topological polar surface area (TPSA) is 38.1 Å².